The molecule has 0 atom stereocenters. The van der Waals surface area contributed by atoms with E-state index in [0.29, 0.717) is 0 Å². The van der Waals surface area contributed by atoms with E-state index in [1.807, 2.05) is 6.92 Å². The SMILES string of the molecule is CC#CCNCc1ccc(C2CC2)cc1. The molecule has 0 amide bonds. The summed E-state index contributed by atoms with van der Waals surface area (Å²) < 4.78 is 0. The van der Waals surface area contributed by atoms with Crippen molar-refractivity contribution in [1.29, 1.82) is 0 Å². The summed E-state index contributed by atoms with van der Waals surface area (Å²) in [6, 6.07) is 8.97. The molecule has 0 spiro atoms. The van der Waals surface area contributed by atoms with Gasteiger partial charge in [0, 0.05) is 6.54 Å². The molecule has 78 valence electrons. The van der Waals surface area contributed by atoms with E-state index in [-0.39, 0.29) is 0 Å². The zero-order chi connectivity index (χ0) is 10.5. The quantitative estimate of drug-likeness (QED) is 0.580. The van der Waals surface area contributed by atoms with Gasteiger partial charge in [0.1, 0.15) is 0 Å². The van der Waals surface area contributed by atoms with Gasteiger partial charge in [-0.05, 0) is 36.8 Å². The number of hydrogen-bond donors (Lipinski definition) is 1. The highest BCUT2D eigenvalue weighted by atomic mass is 14.8. The van der Waals surface area contributed by atoms with Crippen molar-refractivity contribution in [2.24, 2.45) is 0 Å². The first-order chi connectivity index (χ1) is 7.40. The van der Waals surface area contributed by atoms with Crippen LogP contribution in [0.4, 0.5) is 0 Å². The second kappa shape index (κ2) is 5.00. The third-order valence-corrected chi connectivity index (χ3v) is 2.75. The Morgan fingerprint density at radius 2 is 2.00 bits per heavy atom. The van der Waals surface area contributed by atoms with E-state index in [2.05, 4.69) is 41.4 Å². The lowest BCUT2D eigenvalue weighted by molar-refractivity contribution is 0.769. The lowest BCUT2D eigenvalue weighted by Gasteiger charge is -2.03. The fourth-order valence-corrected chi connectivity index (χ4v) is 1.68. The van der Waals surface area contributed by atoms with Crippen molar-refractivity contribution in [1.82, 2.24) is 5.32 Å². The molecule has 0 unspecified atom stereocenters. The lowest BCUT2D eigenvalue weighted by Crippen LogP contribution is -2.12. The summed E-state index contributed by atoms with van der Waals surface area (Å²) in [6.45, 7) is 3.56. The molecule has 0 aromatic heterocycles. The molecule has 1 aliphatic rings. The summed E-state index contributed by atoms with van der Waals surface area (Å²) in [5.74, 6) is 6.73. The standard InChI is InChI=1S/C14H17N/c1-2-3-10-15-11-12-4-6-13(7-5-12)14-8-9-14/h4-7,14-15H,8-11H2,1H3. The Labute approximate surface area is 91.9 Å². The second-order valence-corrected chi connectivity index (χ2v) is 4.05. The first-order valence-electron chi connectivity index (χ1n) is 5.59. The molecule has 1 aliphatic carbocycles. The monoisotopic (exact) mass is 199 g/mol. The zero-order valence-electron chi connectivity index (χ0n) is 9.22. The minimum atomic E-state index is 0.779. The van der Waals surface area contributed by atoms with Crippen LogP contribution in [-0.2, 0) is 6.54 Å². The van der Waals surface area contributed by atoms with Gasteiger partial charge in [-0.15, -0.1) is 5.92 Å². The van der Waals surface area contributed by atoms with Crippen molar-refractivity contribution < 1.29 is 0 Å². The van der Waals surface area contributed by atoms with Crippen LogP contribution in [0.3, 0.4) is 0 Å². The molecule has 0 radical (unpaired) electrons. The van der Waals surface area contributed by atoms with Crippen molar-refractivity contribution in [2.75, 3.05) is 6.54 Å². The van der Waals surface area contributed by atoms with Gasteiger partial charge in [0.25, 0.3) is 0 Å². The molecule has 1 nitrogen and oxygen atoms in total. The topological polar surface area (TPSA) is 12.0 Å². The van der Waals surface area contributed by atoms with Crippen molar-refractivity contribution in [3.8, 4) is 11.8 Å². The minimum absolute atomic E-state index is 0.779. The van der Waals surface area contributed by atoms with Gasteiger partial charge in [0.15, 0.2) is 0 Å². The van der Waals surface area contributed by atoms with E-state index in [1.54, 1.807) is 0 Å². The minimum Gasteiger partial charge on any atom is -0.302 e. The highest BCUT2D eigenvalue weighted by Gasteiger charge is 2.22. The van der Waals surface area contributed by atoms with Crippen LogP contribution >= 0.6 is 0 Å². The van der Waals surface area contributed by atoms with E-state index < -0.39 is 0 Å². The van der Waals surface area contributed by atoms with Gasteiger partial charge in [-0.2, -0.15) is 0 Å². The Hall–Kier alpha value is -1.26. The molecule has 0 aliphatic heterocycles. The molecule has 1 saturated carbocycles. The Kier molecular flexibility index (Phi) is 3.42. The summed E-state index contributed by atoms with van der Waals surface area (Å²) in [5.41, 5.74) is 2.85. The van der Waals surface area contributed by atoms with Crippen LogP contribution in [0, 0.1) is 11.8 Å². The Morgan fingerprint density at radius 1 is 1.27 bits per heavy atom. The predicted octanol–water partition coefficient (Wildman–Crippen LogP) is 2.68. The molecule has 15 heavy (non-hydrogen) atoms. The second-order valence-electron chi connectivity index (χ2n) is 4.05. The van der Waals surface area contributed by atoms with Gasteiger partial charge in [0.2, 0.25) is 0 Å². The number of benzene rings is 1. The highest BCUT2D eigenvalue weighted by Crippen LogP contribution is 2.39. The molecule has 2 rings (SSSR count). The predicted molar refractivity (Wildman–Crippen MR) is 63.6 cm³/mol. The van der Waals surface area contributed by atoms with Crippen LogP contribution in [0.5, 0.6) is 0 Å². The van der Waals surface area contributed by atoms with Crippen LogP contribution < -0.4 is 5.32 Å². The average Bonchev–Trinajstić information content (AvgIpc) is 3.09. The fourth-order valence-electron chi connectivity index (χ4n) is 1.68. The fraction of sp³-hybridized carbons (Fsp3) is 0.429. The van der Waals surface area contributed by atoms with Gasteiger partial charge >= 0.3 is 0 Å². The van der Waals surface area contributed by atoms with Gasteiger partial charge in [0.05, 0.1) is 6.54 Å². The van der Waals surface area contributed by atoms with Gasteiger partial charge in [-0.3, -0.25) is 0 Å². The van der Waals surface area contributed by atoms with Gasteiger partial charge < -0.3 is 5.32 Å². The molecule has 1 aromatic rings. The van der Waals surface area contributed by atoms with E-state index in [1.165, 1.54) is 24.0 Å². The van der Waals surface area contributed by atoms with Gasteiger partial charge in [-0.25, -0.2) is 0 Å². The van der Waals surface area contributed by atoms with Crippen LogP contribution in [0.15, 0.2) is 24.3 Å². The summed E-state index contributed by atoms with van der Waals surface area (Å²) in [7, 11) is 0. The van der Waals surface area contributed by atoms with Gasteiger partial charge in [-0.1, -0.05) is 30.2 Å². The molecule has 1 heteroatoms. The molecule has 0 bridgehead atoms. The van der Waals surface area contributed by atoms with E-state index >= 15 is 0 Å². The van der Waals surface area contributed by atoms with E-state index in [0.717, 1.165) is 19.0 Å². The Bertz CT molecular complexity index is 363. The summed E-state index contributed by atoms with van der Waals surface area (Å²) in [5, 5.41) is 3.29. The van der Waals surface area contributed by atoms with Crippen molar-refractivity contribution in [3.05, 3.63) is 35.4 Å². The highest BCUT2D eigenvalue weighted by molar-refractivity contribution is 5.28. The summed E-state index contributed by atoms with van der Waals surface area (Å²) in [6.07, 6.45) is 2.76. The normalized spacial score (nSPS) is 14.5. The van der Waals surface area contributed by atoms with E-state index in [4.69, 9.17) is 0 Å². The molecule has 1 fully saturated rings. The molecular weight excluding hydrogens is 182 g/mol. The van der Waals surface area contributed by atoms with Crippen molar-refractivity contribution in [3.63, 3.8) is 0 Å². The number of hydrogen-bond acceptors (Lipinski definition) is 1. The molecule has 1 N–H and O–H groups in total. The Morgan fingerprint density at radius 3 is 2.60 bits per heavy atom. The first-order valence-corrected chi connectivity index (χ1v) is 5.59. The zero-order valence-corrected chi connectivity index (χ0v) is 9.22. The number of rotatable bonds is 4. The lowest BCUT2D eigenvalue weighted by atomic mass is 10.1. The smallest absolute Gasteiger partial charge is 0.0578 e. The molecule has 1 aromatic carbocycles. The van der Waals surface area contributed by atoms with Crippen LogP contribution in [-0.4, -0.2) is 6.54 Å². The molecule has 0 saturated heterocycles. The van der Waals surface area contributed by atoms with Crippen LogP contribution in [0.25, 0.3) is 0 Å². The maximum atomic E-state index is 3.29. The molecular formula is C14H17N. The number of nitrogens with one attached hydrogen (secondary N) is 1. The van der Waals surface area contributed by atoms with Crippen LogP contribution in [0.1, 0.15) is 36.8 Å². The Balaban J connectivity index is 1.83. The maximum Gasteiger partial charge on any atom is 0.0578 e. The summed E-state index contributed by atoms with van der Waals surface area (Å²) >= 11 is 0. The van der Waals surface area contributed by atoms with E-state index in [9.17, 15) is 0 Å². The van der Waals surface area contributed by atoms with Crippen LogP contribution in [0.2, 0.25) is 0 Å². The summed E-state index contributed by atoms with van der Waals surface area (Å²) in [4.78, 5) is 0. The maximum absolute atomic E-state index is 3.29. The largest absolute Gasteiger partial charge is 0.302 e. The third-order valence-electron chi connectivity index (χ3n) is 2.75. The molecule has 0 heterocycles. The third kappa shape index (κ3) is 3.11. The average molecular weight is 199 g/mol. The van der Waals surface area contributed by atoms with Crippen molar-refractivity contribution >= 4 is 0 Å². The first kappa shape index (κ1) is 10.3. The van der Waals surface area contributed by atoms with Crippen molar-refractivity contribution in [2.45, 2.75) is 32.2 Å².